The van der Waals surface area contributed by atoms with Crippen LogP contribution in [0.5, 0.6) is 11.5 Å². The zero-order chi connectivity index (χ0) is 30.0. The number of hydrogen-bond acceptors (Lipinski definition) is 8. The average molecular weight is 589 g/mol. The van der Waals surface area contributed by atoms with E-state index in [1.807, 2.05) is 7.05 Å². The number of anilines is 2. The number of nitrogens with one attached hydrogen (secondary N) is 1. The molecule has 0 saturated carbocycles. The molecule has 4 heterocycles. The minimum atomic E-state index is -5.09. The van der Waals surface area contributed by atoms with Crippen LogP contribution < -0.4 is 15.8 Å². The van der Waals surface area contributed by atoms with Crippen LogP contribution in [0.4, 0.5) is 33.5 Å². The van der Waals surface area contributed by atoms with Gasteiger partial charge in [0.25, 0.3) is 5.91 Å². The molecule has 1 saturated heterocycles. The minimum absolute atomic E-state index is 0.151. The lowest BCUT2D eigenvalue weighted by atomic mass is 10.2. The number of ether oxygens (including phenoxy) is 1. The Kier molecular flexibility index (Phi) is 8.04. The first kappa shape index (κ1) is 28.9. The molecule has 0 radical (unpaired) electrons. The average Bonchev–Trinajstić information content (AvgIpc) is 3.40. The van der Waals surface area contributed by atoms with Crippen molar-refractivity contribution in [3.8, 4) is 17.3 Å². The van der Waals surface area contributed by atoms with Crippen molar-refractivity contribution in [2.75, 3.05) is 44.3 Å². The molecule has 1 aromatic carbocycles. The Balaban J connectivity index is 1.35. The maximum absolute atomic E-state index is 15.1. The van der Waals surface area contributed by atoms with Crippen LogP contribution >= 0.6 is 0 Å². The molecule has 1 aliphatic heterocycles. The van der Waals surface area contributed by atoms with Gasteiger partial charge in [-0.05, 0) is 37.4 Å². The van der Waals surface area contributed by atoms with E-state index in [1.165, 1.54) is 24.4 Å². The third-order valence-corrected chi connectivity index (χ3v) is 6.66. The van der Waals surface area contributed by atoms with Gasteiger partial charge in [0.1, 0.15) is 11.6 Å². The molecular weight excluding hydrogens is 563 g/mol. The second kappa shape index (κ2) is 11.7. The monoisotopic (exact) mass is 588 g/mol. The molecule has 0 bridgehead atoms. The number of pyridine rings is 2. The maximum atomic E-state index is 15.1. The van der Waals surface area contributed by atoms with E-state index in [1.54, 1.807) is 6.07 Å². The first-order valence-corrected chi connectivity index (χ1v) is 12.7. The van der Waals surface area contributed by atoms with Crippen molar-refractivity contribution in [3.05, 3.63) is 83.4 Å². The van der Waals surface area contributed by atoms with Crippen LogP contribution in [0.3, 0.4) is 0 Å². The summed E-state index contributed by atoms with van der Waals surface area (Å²) < 4.78 is 77.0. The van der Waals surface area contributed by atoms with E-state index in [0.717, 1.165) is 44.5 Å². The summed E-state index contributed by atoms with van der Waals surface area (Å²) in [6.45, 7) is 3.81. The number of carbonyl (C=O) groups is 1. The molecule has 42 heavy (non-hydrogen) atoms. The van der Waals surface area contributed by atoms with Crippen LogP contribution in [-0.4, -0.2) is 68.7 Å². The molecule has 0 atom stereocenters. The van der Waals surface area contributed by atoms with Gasteiger partial charge in [-0.1, -0.05) is 0 Å². The fourth-order valence-electron chi connectivity index (χ4n) is 4.43. The van der Waals surface area contributed by atoms with Gasteiger partial charge in [0.15, 0.2) is 28.9 Å². The molecule has 1 aliphatic rings. The quantitative estimate of drug-likeness (QED) is 0.307. The van der Waals surface area contributed by atoms with Crippen LogP contribution in [0.1, 0.15) is 21.6 Å². The summed E-state index contributed by atoms with van der Waals surface area (Å²) in [4.78, 5) is 24.9. The fraction of sp³-hybridized carbons (Fsp3) is 0.259. The highest BCUT2D eigenvalue weighted by Gasteiger charge is 2.41. The zero-order valence-electron chi connectivity index (χ0n) is 22.2. The molecule has 0 spiro atoms. The van der Waals surface area contributed by atoms with Gasteiger partial charge in [-0.15, -0.1) is 0 Å². The number of rotatable bonds is 7. The van der Waals surface area contributed by atoms with Crippen molar-refractivity contribution >= 4 is 17.4 Å². The molecule has 3 aromatic heterocycles. The lowest BCUT2D eigenvalue weighted by molar-refractivity contribution is -0.143. The van der Waals surface area contributed by atoms with Crippen molar-refractivity contribution in [3.63, 3.8) is 0 Å². The van der Waals surface area contributed by atoms with Gasteiger partial charge in [0.05, 0.1) is 17.3 Å². The van der Waals surface area contributed by atoms with Crippen LogP contribution in [0.15, 0.2) is 55.0 Å². The highest BCUT2D eigenvalue weighted by atomic mass is 19.4. The zero-order valence-corrected chi connectivity index (χ0v) is 22.2. The van der Waals surface area contributed by atoms with Gasteiger partial charge in [-0.2, -0.15) is 18.3 Å². The van der Waals surface area contributed by atoms with E-state index < -0.39 is 40.8 Å². The van der Waals surface area contributed by atoms with Gasteiger partial charge in [-0.25, -0.2) is 23.4 Å². The Labute approximate surface area is 236 Å². The number of nitrogens with two attached hydrogens (primary N) is 1. The molecule has 0 unspecified atom stereocenters. The van der Waals surface area contributed by atoms with Gasteiger partial charge in [0.2, 0.25) is 0 Å². The molecule has 1 amide bonds. The predicted octanol–water partition coefficient (Wildman–Crippen LogP) is 4.33. The van der Waals surface area contributed by atoms with E-state index >= 15 is 4.39 Å². The van der Waals surface area contributed by atoms with Crippen molar-refractivity contribution in [2.45, 2.75) is 12.7 Å². The number of hydrogen-bond donors (Lipinski definition) is 2. The van der Waals surface area contributed by atoms with E-state index in [-0.39, 0.29) is 21.9 Å². The Morgan fingerprint density at radius 1 is 1.02 bits per heavy atom. The molecule has 220 valence electrons. The number of benzene rings is 1. The molecular formula is C27H25F5N8O2. The van der Waals surface area contributed by atoms with Crippen molar-refractivity contribution in [1.29, 1.82) is 0 Å². The number of likely N-dealkylation sites (N-methyl/N-ethyl adjacent to an activating group) is 1. The number of nitrogen functional groups attached to an aromatic ring is 1. The number of halogens is 5. The van der Waals surface area contributed by atoms with Crippen LogP contribution in [-0.2, 0) is 12.7 Å². The van der Waals surface area contributed by atoms with Crippen LogP contribution in [0, 0.1) is 11.6 Å². The van der Waals surface area contributed by atoms with Crippen LogP contribution in [0.2, 0.25) is 0 Å². The number of piperazine rings is 1. The van der Waals surface area contributed by atoms with Gasteiger partial charge >= 0.3 is 6.18 Å². The highest BCUT2D eigenvalue weighted by Crippen LogP contribution is 2.35. The molecule has 3 N–H and O–H groups in total. The number of nitrogens with zero attached hydrogens (tertiary/aromatic N) is 6. The van der Waals surface area contributed by atoms with E-state index in [0.29, 0.717) is 24.1 Å². The number of alkyl halides is 3. The highest BCUT2D eigenvalue weighted by molar-refractivity contribution is 6.05. The van der Waals surface area contributed by atoms with Crippen LogP contribution in [0.25, 0.3) is 5.82 Å². The standard InChI is InChI=1S/C27H25F5N8O2/c1-38-9-11-39(12-10-38)15-18-21(6-8-34-24(18)33)42-22-5-4-16(13-20(22)29)37-26(41)17-14-36-40(23(17)27(30,31)32)25-19(28)3-2-7-35-25/h2-8,13-14H,9-12,15H2,1H3,(H2,33,34)(H,37,41). The van der Waals surface area contributed by atoms with Gasteiger partial charge in [0, 0.05) is 56.9 Å². The first-order valence-electron chi connectivity index (χ1n) is 12.7. The summed E-state index contributed by atoms with van der Waals surface area (Å²) in [7, 11) is 2.03. The third kappa shape index (κ3) is 6.16. The Morgan fingerprint density at radius 2 is 1.79 bits per heavy atom. The SMILES string of the molecule is CN1CCN(Cc2c(Oc3ccc(NC(=O)c4cnn(-c5ncccc5F)c4C(F)(F)F)cc3F)ccnc2N)CC1. The Bertz CT molecular complexity index is 1600. The summed E-state index contributed by atoms with van der Waals surface area (Å²) in [5, 5.41) is 5.75. The maximum Gasteiger partial charge on any atom is 0.434 e. The summed E-state index contributed by atoms with van der Waals surface area (Å²) in [5.74, 6) is -3.61. The molecule has 5 rings (SSSR count). The third-order valence-electron chi connectivity index (χ3n) is 6.66. The summed E-state index contributed by atoms with van der Waals surface area (Å²) >= 11 is 0. The lowest BCUT2D eigenvalue weighted by Gasteiger charge is -2.32. The van der Waals surface area contributed by atoms with E-state index in [4.69, 9.17) is 10.5 Å². The molecule has 10 nitrogen and oxygen atoms in total. The molecule has 0 aliphatic carbocycles. The fourth-order valence-corrected chi connectivity index (χ4v) is 4.43. The first-order chi connectivity index (χ1) is 20.0. The van der Waals surface area contributed by atoms with E-state index in [9.17, 15) is 22.4 Å². The Morgan fingerprint density at radius 3 is 2.48 bits per heavy atom. The summed E-state index contributed by atoms with van der Waals surface area (Å²) in [6.07, 6.45) is -1.94. The number of aromatic nitrogens is 4. The lowest BCUT2D eigenvalue weighted by Crippen LogP contribution is -2.44. The van der Waals surface area contributed by atoms with Gasteiger partial charge in [-0.3, -0.25) is 9.69 Å². The minimum Gasteiger partial charge on any atom is -0.454 e. The van der Waals surface area contributed by atoms with E-state index in [2.05, 4.69) is 30.2 Å². The Hall–Kier alpha value is -4.63. The summed E-state index contributed by atoms with van der Waals surface area (Å²) in [5.41, 5.74) is 4.08. The van der Waals surface area contributed by atoms with Gasteiger partial charge < -0.3 is 20.7 Å². The smallest absolute Gasteiger partial charge is 0.434 e. The largest absolute Gasteiger partial charge is 0.454 e. The second-order valence-electron chi connectivity index (χ2n) is 9.58. The molecule has 15 heteroatoms. The van der Waals surface area contributed by atoms with Crippen molar-refractivity contribution in [1.82, 2.24) is 29.5 Å². The predicted molar refractivity (Wildman–Crippen MR) is 142 cm³/mol. The molecule has 4 aromatic rings. The normalized spacial score (nSPS) is 14.6. The topological polar surface area (TPSA) is 114 Å². The van der Waals surface area contributed by atoms with Crippen molar-refractivity contribution < 1.29 is 31.5 Å². The molecule has 1 fully saturated rings. The number of amides is 1. The number of carbonyl (C=O) groups excluding carboxylic acids is 1. The summed E-state index contributed by atoms with van der Waals surface area (Å²) in [6, 6.07) is 7.04. The van der Waals surface area contributed by atoms with Crippen molar-refractivity contribution in [2.24, 2.45) is 0 Å². The second-order valence-corrected chi connectivity index (χ2v) is 9.58.